The van der Waals surface area contributed by atoms with E-state index in [-0.39, 0.29) is 24.2 Å². The first-order valence-corrected chi connectivity index (χ1v) is 8.35. The van der Waals surface area contributed by atoms with Crippen molar-refractivity contribution in [2.24, 2.45) is 0 Å². The fourth-order valence-corrected chi connectivity index (χ4v) is 3.60. The molecule has 0 aromatic carbocycles. The Kier molecular flexibility index (Phi) is 4.89. The van der Waals surface area contributed by atoms with Crippen molar-refractivity contribution in [1.29, 1.82) is 0 Å². The van der Waals surface area contributed by atoms with Gasteiger partial charge in [-0.05, 0) is 19.3 Å². The minimum Gasteiger partial charge on any atom is -0.396 e. The van der Waals surface area contributed by atoms with E-state index in [1.807, 2.05) is 6.20 Å². The molecule has 108 valence electrons. The summed E-state index contributed by atoms with van der Waals surface area (Å²) in [5, 5.41) is 20.0. The topological polar surface area (TPSA) is 97.1 Å². The normalized spacial score (nSPS) is 19.6. The van der Waals surface area contributed by atoms with Crippen molar-refractivity contribution in [2.75, 3.05) is 18.1 Å². The third-order valence-corrected chi connectivity index (χ3v) is 4.97. The second kappa shape index (κ2) is 6.44. The van der Waals surface area contributed by atoms with Crippen molar-refractivity contribution in [2.45, 2.75) is 38.4 Å². The van der Waals surface area contributed by atoms with Crippen LogP contribution in [0, 0.1) is 0 Å². The highest BCUT2D eigenvalue weighted by Gasteiger charge is 2.23. The molecule has 2 rings (SSSR count). The molecule has 1 aromatic rings. The van der Waals surface area contributed by atoms with Gasteiger partial charge in [-0.2, -0.15) is 0 Å². The van der Waals surface area contributed by atoms with Gasteiger partial charge in [-0.25, -0.2) is 8.42 Å². The Balaban J connectivity index is 1.75. The molecule has 2 N–H and O–H groups in total. The SMILES string of the molecule is O=S1(=O)CCC(NCc2cn(CCCO)nn2)CC1. The average molecular weight is 288 g/mol. The van der Waals surface area contributed by atoms with Crippen LogP contribution in [0.3, 0.4) is 0 Å². The van der Waals surface area contributed by atoms with Crippen molar-refractivity contribution < 1.29 is 13.5 Å². The molecule has 1 aromatic heterocycles. The molecule has 1 aliphatic heterocycles. The van der Waals surface area contributed by atoms with E-state index >= 15 is 0 Å². The van der Waals surface area contributed by atoms with Crippen LogP contribution in [0.25, 0.3) is 0 Å². The quantitative estimate of drug-likeness (QED) is 0.720. The molecular formula is C11H20N4O3S. The first-order chi connectivity index (χ1) is 9.09. The molecule has 0 amide bonds. The van der Waals surface area contributed by atoms with Crippen molar-refractivity contribution in [3.05, 3.63) is 11.9 Å². The molecule has 1 saturated heterocycles. The summed E-state index contributed by atoms with van der Waals surface area (Å²) in [6, 6.07) is 0.242. The van der Waals surface area contributed by atoms with Crippen LogP contribution >= 0.6 is 0 Å². The number of sulfone groups is 1. The first kappa shape index (κ1) is 14.4. The molecule has 0 unspecified atom stereocenters. The number of hydrogen-bond donors (Lipinski definition) is 2. The Labute approximate surface area is 112 Å². The molecule has 0 bridgehead atoms. The van der Waals surface area contributed by atoms with Crippen LogP contribution < -0.4 is 5.32 Å². The minimum atomic E-state index is -2.80. The Morgan fingerprint density at radius 3 is 2.84 bits per heavy atom. The van der Waals surface area contributed by atoms with Crippen LogP contribution in [0.1, 0.15) is 25.0 Å². The number of nitrogens with zero attached hydrogens (tertiary/aromatic N) is 3. The number of nitrogens with one attached hydrogen (secondary N) is 1. The van der Waals surface area contributed by atoms with Gasteiger partial charge in [-0.1, -0.05) is 5.21 Å². The third kappa shape index (κ3) is 4.55. The predicted octanol–water partition coefficient (Wildman–Crippen LogP) is -0.673. The Morgan fingerprint density at radius 2 is 2.16 bits per heavy atom. The van der Waals surface area contributed by atoms with Crippen LogP contribution in [0.4, 0.5) is 0 Å². The Morgan fingerprint density at radius 1 is 1.42 bits per heavy atom. The summed E-state index contributed by atoms with van der Waals surface area (Å²) in [7, 11) is -2.80. The zero-order valence-corrected chi connectivity index (χ0v) is 11.6. The molecule has 1 fully saturated rings. The standard InChI is InChI=1S/C11H20N4O3S/c16-5-1-4-15-9-11(13-14-15)8-12-10-2-6-19(17,18)7-3-10/h9-10,12,16H,1-8H2. The van der Waals surface area contributed by atoms with Gasteiger partial charge in [0.2, 0.25) is 0 Å². The molecule has 19 heavy (non-hydrogen) atoms. The Hall–Kier alpha value is -0.990. The van der Waals surface area contributed by atoms with E-state index in [1.165, 1.54) is 0 Å². The van der Waals surface area contributed by atoms with Crippen molar-refractivity contribution >= 4 is 9.84 Å². The number of aryl methyl sites for hydroxylation is 1. The van der Waals surface area contributed by atoms with E-state index in [2.05, 4.69) is 15.6 Å². The van der Waals surface area contributed by atoms with E-state index in [4.69, 9.17) is 5.11 Å². The predicted molar refractivity (Wildman–Crippen MR) is 70.2 cm³/mol. The van der Waals surface area contributed by atoms with Crippen molar-refractivity contribution in [3.8, 4) is 0 Å². The molecule has 1 aliphatic rings. The number of aliphatic hydroxyl groups excluding tert-OH is 1. The minimum absolute atomic E-state index is 0.143. The van der Waals surface area contributed by atoms with Crippen LogP contribution in [0.15, 0.2) is 6.20 Å². The molecular weight excluding hydrogens is 268 g/mol. The van der Waals surface area contributed by atoms with E-state index < -0.39 is 9.84 Å². The first-order valence-electron chi connectivity index (χ1n) is 6.53. The maximum atomic E-state index is 11.3. The zero-order valence-electron chi connectivity index (χ0n) is 10.8. The Bertz CT molecular complexity index is 486. The number of aliphatic hydroxyl groups is 1. The van der Waals surface area contributed by atoms with Crippen molar-refractivity contribution in [1.82, 2.24) is 20.3 Å². The van der Waals surface area contributed by atoms with Crippen LogP contribution in [0.5, 0.6) is 0 Å². The zero-order chi connectivity index (χ0) is 13.7. The van der Waals surface area contributed by atoms with Gasteiger partial charge in [0.15, 0.2) is 0 Å². The highest BCUT2D eigenvalue weighted by Crippen LogP contribution is 2.12. The lowest BCUT2D eigenvalue weighted by molar-refractivity contribution is 0.276. The summed E-state index contributed by atoms with van der Waals surface area (Å²) in [5.41, 5.74) is 0.839. The van der Waals surface area contributed by atoms with Crippen LogP contribution in [-0.4, -0.2) is 52.7 Å². The summed E-state index contributed by atoms with van der Waals surface area (Å²) >= 11 is 0. The van der Waals surface area contributed by atoms with Crippen LogP contribution in [-0.2, 0) is 22.9 Å². The molecule has 7 nitrogen and oxygen atoms in total. The van der Waals surface area contributed by atoms with E-state index in [1.54, 1.807) is 4.68 Å². The van der Waals surface area contributed by atoms with Gasteiger partial charge in [0, 0.05) is 31.9 Å². The van der Waals surface area contributed by atoms with E-state index in [0.29, 0.717) is 32.4 Å². The van der Waals surface area contributed by atoms with E-state index in [0.717, 1.165) is 5.69 Å². The van der Waals surface area contributed by atoms with Gasteiger partial charge < -0.3 is 10.4 Å². The number of rotatable bonds is 6. The maximum Gasteiger partial charge on any atom is 0.150 e. The monoisotopic (exact) mass is 288 g/mol. The molecule has 0 saturated carbocycles. The molecule has 0 aliphatic carbocycles. The van der Waals surface area contributed by atoms with Gasteiger partial charge in [0.1, 0.15) is 9.84 Å². The van der Waals surface area contributed by atoms with Gasteiger partial charge in [-0.3, -0.25) is 4.68 Å². The maximum absolute atomic E-state index is 11.3. The molecule has 0 spiro atoms. The fourth-order valence-electron chi connectivity index (χ4n) is 2.10. The third-order valence-electron chi connectivity index (χ3n) is 3.26. The largest absolute Gasteiger partial charge is 0.396 e. The lowest BCUT2D eigenvalue weighted by Crippen LogP contribution is -2.37. The lowest BCUT2D eigenvalue weighted by atomic mass is 10.1. The van der Waals surface area contributed by atoms with E-state index in [9.17, 15) is 8.42 Å². The molecule has 0 atom stereocenters. The lowest BCUT2D eigenvalue weighted by Gasteiger charge is -2.22. The highest BCUT2D eigenvalue weighted by atomic mass is 32.2. The highest BCUT2D eigenvalue weighted by molar-refractivity contribution is 7.91. The number of hydrogen-bond acceptors (Lipinski definition) is 6. The van der Waals surface area contributed by atoms with Crippen LogP contribution in [0.2, 0.25) is 0 Å². The second-order valence-electron chi connectivity index (χ2n) is 4.86. The van der Waals surface area contributed by atoms with Gasteiger partial charge in [0.05, 0.1) is 17.2 Å². The second-order valence-corrected chi connectivity index (χ2v) is 7.16. The van der Waals surface area contributed by atoms with Gasteiger partial charge >= 0.3 is 0 Å². The summed E-state index contributed by atoms with van der Waals surface area (Å²) in [5.74, 6) is 0.543. The van der Waals surface area contributed by atoms with Gasteiger partial charge in [0.25, 0.3) is 0 Å². The summed E-state index contributed by atoms with van der Waals surface area (Å²) in [4.78, 5) is 0. The summed E-state index contributed by atoms with van der Waals surface area (Å²) in [6.07, 6.45) is 3.85. The average Bonchev–Trinajstić information content (AvgIpc) is 2.83. The summed E-state index contributed by atoms with van der Waals surface area (Å²) < 4.78 is 24.3. The smallest absolute Gasteiger partial charge is 0.150 e. The molecule has 8 heteroatoms. The van der Waals surface area contributed by atoms with Crippen molar-refractivity contribution in [3.63, 3.8) is 0 Å². The summed E-state index contributed by atoms with van der Waals surface area (Å²) in [6.45, 7) is 1.40. The van der Waals surface area contributed by atoms with Gasteiger partial charge in [-0.15, -0.1) is 5.10 Å². The number of aromatic nitrogens is 3. The fraction of sp³-hybridized carbons (Fsp3) is 0.818. The molecule has 0 radical (unpaired) electrons. The molecule has 2 heterocycles.